The Morgan fingerprint density at radius 1 is 1.35 bits per heavy atom. The van der Waals surface area contributed by atoms with Crippen LogP contribution in [0.15, 0.2) is 10.5 Å². The molecular weight excluding hydrogens is 212 g/mol. The summed E-state index contributed by atoms with van der Waals surface area (Å²) in [6, 6.07) is 2.71. The van der Waals surface area contributed by atoms with Crippen LogP contribution in [0.1, 0.15) is 37.9 Å². The molecule has 1 unspecified atom stereocenters. The van der Waals surface area contributed by atoms with E-state index in [-0.39, 0.29) is 0 Å². The number of nitrogens with zero attached hydrogens (tertiary/aromatic N) is 1. The summed E-state index contributed by atoms with van der Waals surface area (Å²) in [5.41, 5.74) is 1.24. The first-order valence-electron chi connectivity index (χ1n) is 6.38. The quantitative estimate of drug-likeness (QED) is 0.826. The number of nitrogens with one attached hydrogen (secondary N) is 1. The molecule has 0 aliphatic rings. The fourth-order valence-corrected chi connectivity index (χ4v) is 1.90. The highest BCUT2D eigenvalue weighted by Gasteiger charge is 2.15. The number of hydrogen-bond acceptors (Lipinski definition) is 3. The molecule has 1 atom stereocenters. The van der Waals surface area contributed by atoms with Crippen molar-refractivity contribution in [1.29, 1.82) is 0 Å². The predicted molar refractivity (Wildman–Crippen MR) is 72.0 cm³/mol. The monoisotopic (exact) mass is 238 g/mol. The van der Waals surface area contributed by atoms with Gasteiger partial charge in [0.1, 0.15) is 11.5 Å². The van der Waals surface area contributed by atoms with E-state index in [0.717, 1.165) is 24.6 Å². The zero-order valence-corrected chi connectivity index (χ0v) is 12.0. The van der Waals surface area contributed by atoms with Gasteiger partial charge in [0.15, 0.2) is 0 Å². The summed E-state index contributed by atoms with van der Waals surface area (Å²) in [5, 5.41) is 3.13. The number of hydrogen-bond donors (Lipinski definition) is 1. The van der Waals surface area contributed by atoms with E-state index in [1.807, 2.05) is 7.05 Å². The van der Waals surface area contributed by atoms with Crippen LogP contribution in [-0.4, -0.2) is 25.0 Å². The maximum Gasteiger partial charge on any atom is 0.120 e. The van der Waals surface area contributed by atoms with E-state index in [1.165, 1.54) is 5.56 Å². The van der Waals surface area contributed by atoms with Gasteiger partial charge in [0.2, 0.25) is 0 Å². The molecular formula is C14H26N2O. The van der Waals surface area contributed by atoms with Gasteiger partial charge >= 0.3 is 0 Å². The topological polar surface area (TPSA) is 28.4 Å². The highest BCUT2D eigenvalue weighted by molar-refractivity contribution is 5.20. The molecule has 0 saturated carbocycles. The lowest BCUT2D eigenvalue weighted by Crippen LogP contribution is -2.32. The lowest BCUT2D eigenvalue weighted by molar-refractivity contribution is 0.185. The normalized spacial score (nSPS) is 13.6. The average Bonchev–Trinajstić information content (AvgIpc) is 2.58. The molecule has 1 aromatic rings. The van der Waals surface area contributed by atoms with Gasteiger partial charge < -0.3 is 9.73 Å². The highest BCUT2D eigenvalue weighted by atomic mass is 16.3. The number of furan rings is 1. The van der Waals surface area contributed by atoms with Crippen LogP contribution < -0.4 is 5.32 Å². The molecule has 0 fully saturated rings. The summed E-state index contributed by atoms with van der Waals surface area (Å²) in [6.07, 6.45) is 0. The molecule has 1 aromatic heterocycles. The Bertz CT molecular complexity index is 344. The Hall–Kier alpha value is -0.800. The maximum atomic E-state index is 5.85. The number of rotatable bonds is 6. The first-order chi connectivity index (χ1) is 7.95. The van der Waals surface area contributed by atoms with Crippen molar-refractivity contribution in [3.05, 3.63) is 23.2 Å². The van der Waals surface area contributed by atoms with Crippen molar-refractivity contribution in [2.75, 3.05) is 14.1 Å². The first-order valence-corrected chi connectivity index (χ1v) is 6.38. The van der Waals surface area contributed by atoms with E-state index in [9.17, 15) is 0 Å². The van der Waals surface area contributed by atoms with Crippen LogP contribution in [0.4, 0.5) is 0 Å². The van der Waals surface area contributed by atoms with Crippen LogP contribution in [0.3, 0.4) is 0 Å². The number of aryl methyl sites for hydroxylation is 1. The summed E-state index contributed by atoms with van der Waals surface area (Å²) >= 11 is 0. The Kier molecular flexibility index (Phi) is 5.22. The molecule has 1 rings (SSSR count). The van der Waals surface area contributed by atoms with E-state index < -0.39 is 0 Å². The Morgan fingerprint density at radius 3 is 2.53 bits per heavy atom. The molecule has 0 radical (unpaired) electrons. The minimum Gasteiger partial charge on any atom is -0.463 e. The van der Waals surface area contributed by atoms with Gasteiger partial charge in [-0.2, -0.15) is 0 Å². The fraction of sp³-hybridized carbons (Fsp3) is 0.714. The summed E-state index contributed by atoms with van der Waals surface area (Å²) < 4.78 is 5.85. The van der Waals surface area contributed by atoms with Crippen LogP contribution >= 0.6 is 0 Å². The molecule has 0 amide bonds. The predicted octanol–water partition coefficient (Wildman–Crippen LogP) is 2.78. The third-order valence-electron chi connectivity index (χ3n) is 3.47. The third kappa shape index (κ3) is 3.86. The summed E-state index contributed by atoms with van der Waals surface area (Å²) in [6.45, 7) is 10.5. The molecule has 0 aliphatic heterocycles. The SMILES string of the molecule is CNCc1oc(CN(C)C(C)C(C)C)cc1C. The van der Waals surface area contributed by atoms with Gasteiger partial charge in [0, 0.05) is 6.04 Å². The molecule has 1 N–H and O–H groups in total. The Morgan fingerprint density at radius 2 is 2.00 bits per heavy atom. The molecule has 3 heteroatoms. The third-order valence-corrected chi connectivity index (χ3v) is 3.47. The summed E-state index contributed by atoms with van der Waals surface area (Å²) in [7, 11) is 4.09. The van der Waals surface area contributed by atoms with Gasteiger partial charge in [-0.05, 0) is 45.5 Å². The minimum absolute atomic E-state index is 0.563. The van der Waals surface area contributed by atoms with Crippen LogP contribution in [0.5, 0.6) is 0 Å². The second-order valence-electron chi connectivity index (χ2n) is 5.25. The van der Waals surface area contributed by atoms with Crippen molar-refractivity contribution in [3.63, 3.8) is 0 Å². The first kappa shape index (κ1) is 14.3. The zero-order chi connectivity index (χ0) is 13.0. The molecule has 0 bridgehead atoms. The Balaban J connectivity index is 2.65. The van der Waals surface area contributed by atoms with Crippen molar-refractivity contribution in [2.24, 2.45) is 5.92 Å². The van der Waals surface area contributed by atoms with Crippen molar-refractivity contribution < 1.29 is 4.42 Å². The molecule has 0 aromatic carbocycles. The summed E-state index contributed by atoms with van der Waals surface area (Å²) in [4.78, 5) is 2.34. The van der Waals surface area contributed by atoms with E-state index in [4.69, 9.17) is 4.42 Å². The van der Waals surface area contributed by atoms with E-state index in [0.29, 0.717) is 12.0 Å². The van der Waals surface area contributed by atoms with Crippen molar-refractivity contribution in [2.45, 2.75) is 46.8 Å². The molecule has 98 valence electrons. The molecule has 0 aliphatic carbocycles. The van der Waals surface area contributed by atoms with Crippen molar-refractivity contribution >= 4 is 0 Å². The highest BCUT2D eigenvalue weighted by Crippen LogP contribution is 2.18. The van der Waals surface area contributed by atoms with E-state index in [2.05, 4.69) is 51.0 Å². The Labute approximate surface area is 105 Å². The largest absolute Gasteiger partial charge is 0.463 e. The van der Waals surface area contributed by atoms with Gasteiger partial charge in [0.05, 0.1) is 13.1 Å². The molecule has 0 saturated heterocycles. The van der Waals surface area contributed by atoms with E-state index >= 15 is 0 Å². The smallest absolute Gasteiger partial charge is 0.120 e. The van der Waals surface area contributed by atoms with Crippen LogP contribution in [-0.2, 0) is 13.1 Å². The average molecular weight is 238 g/mol. The zero-order valence-electron chi connectivity index (χ0n) is 12.0. The van der Waals surface area contributed by atoms with E-state index in [1.54, 1.807) is 0 Å². The van der Waals surface area contributed by atoms with Gasteiger partial charge in [-0.15, -0.1) is 0 Å². The lowest BCUT2D eigenvalue weighted by Gasteiger charge is -2.26. The molecule has 3 nitrogen and oxygen atoms in total. The minimum atomic E-state index is 0.563. The van der Waals surface area contributed by atoms with Crippen molar-refractivity contribution in [1.82, 2.24) is 10.2 Å². The summed E-state index contributed by atoms with van der Waals surface area (Å²) in [5.74, 6) is 2.77. The molecule has 0 spiro atoms. The van der Waals surface area contributed by atoms with Gasteiger partial charge in [0.25, 0.3) is 0 Å². The molecule has 17 heavy (non-hydrogen) atoms. The lowest BCUT2D eigenvalue weighted by atomic mass is 10.1. The second-order valence-corrected chi connectivity index (χ2v) is 5.25. The van der Waals surface area contributed by atoms with Crippen LogP contribution in [0, 0.1) is 12.8 Å². The van der Waals surface area contributed by atoms with Crippen LogP contribution in [0.25, 0.3) is 0 Å². The van der Waals surface area contributed by atoms with Crippen LogP contribution in [0.2, 0.25) is 0 Å². The van der Waals surface area contributed by atoms with Gasteiger partial charge in [-0.25, -0.2) is 0 Å². The van der Waals surface area contributed by atoms with Crippen molar-refractivity contribution in [3.8, 4) is 0 Å². The van der Waals surface area contributed by atoms with Gasteiger partial charge in [-0.1, -0.05) is 13.8 Å². The fourth-order valence-electron chi connectivity index (χ4n) is 1.90. The standard InChI is InChI=1S/C14H26N2O/c1-10(2)12(4)16(6)9-13-7-11(3)14(17-13)8-15-5/h7,10,12,15H,8-9H2,1-6H3. The maximum absolute atomic E-state index is 5.85. The second kappa shape index (κ2) is 6.22. The molecule has 1 heterocycles. The van der Waals surface area contributed by atoms with Gasteiger partial charge in [-0.3, -0.25) is 4.90 Å².